The van der Waals surface area contributed by atoms with E-state index in [1.54, 1.807) is 6.92 Å². The summed E-state index contributed by atoms with van der Waals surface area (Å²) in [4.78, 5) is 15.3. The topological polar surface area (TPSA) is 29.4 Å². The first-order valence-corrected chi connectivity index (χ1v) is 4.80. The van der Waals surface area contributed by atoms with E-state index in [1.807, 2.05) is 0 Å². The number of rotatable bonds is 0. The summed E-state index contributed by atoms with van der Waals surface area (Å²) in [6.45, 7) is 1.55. The Hall–Kier alpha value is -1.72. The molecule has 1 aliphatic rings. The molecule has 1 aromatic carbocycles. The largest absolute Gasteiger partial charge is 0.419 e. The van der Waals surface area contributed by atoms with E-state index in [4.69, 9.17) is 0 Å². The van der Waals surface area contributed by atoms with Crippen molar-refractivity contribution < 1.29 is 22.4 Å². The van der Waals surface area contributed by atoms with Crippen molar-refractivity contribution in [3.05, 3.63) is 29.1 Å². The molecule has 17 heavy (non-hydrogen) atoms. The molecule has 1 heterocycles. The van der Waals surface area contributed by atoms with Crippen LogP contribution >= 0.6 is 0 Å². The summed E-state index contributed by atoms with van der Waals surface area (Å²) in [5.74, 6) is -2.42. The van der Waals surface area contributed by atoms with Crippen molar-refractivity contribution in [1.29, 1.82) is 0 Å². The molecule has 2 nitrogen and oxygen atoms in total. The Balaban J connectivity index is 2.62. The summed E-state index contributed by atoms with van der Waals surface area (Å²) in [7, 11) is 0. The monoisotopic (exact) mass is 245 g/mol. The first kappa shape index (κ1) is 11.8. The highest BCUT2D eigenvalue weighted by molar-refractivity contribution is 6.12. The number of fused-ring (bicyclic) bond motifs is 1. The number of ketones is 1. The maximum absolute atomic E-state index is 13.2. The zero-order valence-corrected chi connectivity index (χ0v) is 8.68. The molecule has 1 aliphatic heterocycles. The predicted octanol–water partition coefficient (Wildman–Crippen LogP) is 3.38. The fraction of sp³-hybridized carbons (Fsp3) is 0.273. The Bertz CT molecular complexity index is 519. The highest BCUT2D eigenvalue weighted by Crippen LogP contribution is 2.37. The van der Waals surface area contributed by atoms with Gasteiger partial charge >= 0.3 is 6.18 Å². The van der Waals surface area contributed by atoms with Gasteiger partial charge in [-0.3, -0.25) is 9.79 Å². The van der Waals surface area contributed by atoms with Crippen LogP contribution in [0.5, 0.6) is 0 Å². The molecule has 1 unspecified atom stereocenters. The number of halogens is 4. The van der Waals surface area contributed by atoms with Crippen LogP contribution in [0.3, 0.4) is 0 Å². The normalized spacial score (nSPS) is 19.4. The average molecular weight is 245 g/mol. The van der Waals surface area contributed by atoms with Gasteiger partial charge in [0.25, 0.3) is 0 Å². The van der Waals surface area contributed by atoms with Gasteiger partial charge in [0.2, 0.25) is 0 Å². The average Bonchev–Trinajstić information content (AvgIpc) is 2.22. The zero-order chi connectivity index (χ0) is 12.8. The number of nitrogens with zero attached hydrogens (tertiary/aromatic N) is 1. The van der Waals surface area contributed by atoms with Crippen LogP contribution in [0, 0.1) is 11.7 Å². The molecule has 0 spiro atoms. The van der Waals surface area contributed by atoms with E-state index in [2.05, 4.69) is 4.99 Å². The third-order valence-electron chi connectivity index (χ3n) is 2.51. The molecule has 0 saturated heterocycles. The molecule has 0 aliphatic carbocycles. The van der Waals surface area contributed by atoms with Crippen molar-refractivity contribution in [2.24, 2.45) is 10.9 Å². The molecule has 0 fully saturated rings. The fourth-order valence-corrected chi connectivity index (χ4v) is 1.59. The Kier molecular flexibility index (Phi) is 2.52. The smallest absolute Gasteiger partial charge is 0.293 e. The van der Waals surface area contributed by atoms with Crippen molar-refractivity contribution in [3.63, 3.8) is 0 Å². The Morgan fingerprint density at radius 3 is 2.53 bits per heavy atom. The van der Waals surface area contributed by atoms with Gasteiger partial charge < -0.3 is 0 Å². The molecular formula is C11H7F4NO. The van der Waals surface area contributed by atoms with Gasteiger partial charge in [0.05, 0.1) is 17.2 Å². The van der Waals surface area contributed by atoms with Gasteiger partial charge in [-0.2, -0.15) is 13.2 Å². The lowest BCUT2D eigenvalue weighted by atomic mass is 9.94. The molecular weight excluding hydrogens is 238 g/mol. The third kappa shape index (κ3) is 1.94. The maximum atomic E-state index is 13.2. The number of carbonyl (C=O) groups excluding carboxylic acids is 1. The SMILES string of the molecule is CC1C=Nc2cc(C(F)(F)F)c(F)cc2C1=O. The Labute approximate surface area is 94.0 Å². The number of Topliss-reactive ketones (excluding diaryl/α,β-unsaturated/α-hetero) is 1. The van der Waals surface area contributed by atoms with Crippen LogP contribution in [0.2, 0.25) is 0 Å². The molecule has 0 bridgehead atoms. The third-order valence-corrected chi connectivity index (χ3v) is 2.51. The van der Waals surface area contributed by atoms with Crippen molar-refractivity contribution in [2.45, 2.75) is 13.1 Å². The zero-order valence-electron chi connectivity index (χ0n) is 8.68. The van der Waals surface area contributed by atoms with E-state index in [9.17, 15) is 22.4 Å². The van der Waals surface area contributed by atoms with Gasteiger partial charge in [0, 0.05) is 11.8 Å². The quantitative estimate of drug-likeness (QED) is 0.644. The van der Waals surface area contributed by atoms with Crippen LogP contribution < -0.4 is 0 Å². The predicted molar refractivity (Wildman–Crippen MR) is 53.0 cm³/mol. The van der Waals surface area contributed by atoms with E-state index >= 15 is 0 Å². The number of hydrogen-bond acceptors (Lipinski definition) is 2. The Morgan fingerprint density at radius 1 is 1.29 bits per heavy atom. The molecule has 6 heteroatoms. The van der Waals surface area contributed by atoms with Crippen molar-refractivity contribution in [3.8, 4) is 0 Å². The van der Waals surface area contributed by atoms with Crippen LogP contribution in [-0.2, 0) is 6.18 Å². The number of aliphatic imine (C=N–C) groups is 1. The lowest BCUT2D eigenvalue weighted by molar-refractivity contribution is -0.139. The summed E-state index contributed by atoms with van der Waals surface area (Å²) < 4.78 is 50.5. The van der Waals surface area contributed by atoms with Gasteiger partial charge in [0.15, 0.2) is 5.78 Å². The highest BCUT2D eigenvalue weighted by atomic mass is 19.4. The number of hydrogen-bond donors (Lipinski definition) is 0. The number of benzene rings is 1. The second kappa shape index (κ2) is 3.65. The molecule has 0 aromatic heterocycles. The summed E-state index contributed by atoms with van der Waals surface area (Å²) in [5, 5.41) is 0. The van der Waals surface area contributed by atoms with E-state index in [0.717, 1.165) is 0 Å². The van der Waals surface area contributed by atoms with E-state index < -0.39 is 29.3 Å². The van der Waals surface area contributed by atoms with Gasteiger partial charge in [-0.05, 0) is 12.1 Å². The van der Waals surface area contributed by atoms with Crippen LogP contribution in [0.15, 0.2) is 17.1 Å². The molecule has 0 saturated carbocycles. The second-order valence-electron chi connectivity index (χ2n) is 3.78. The van der Waals surface area contributed by atoms with Crippen molar-refractivity contribution in [1.82, 2.24) is 0 Å². The first-order chi connectivity index (χ1) is 7.80. The minimum atomic E-state index is -4.79. The van der Waals surface area contributed by atoms with Gasteiger partial charge in [-0.1, -0.05) is 6.92 Å². The van der Waals surface area contributed by atoms with E-state index in [1.165, 1.54) is 6.21 Å². The van der Waals surface area contributed by atoms with Crippen LogP contribution in [0.4, 0.5) is 23.2 Å². The minimum absolute atomic E-state index is 0.106. The summed E-state index contributed by atoms with van der Waals surface area (Å²) in [5.41, 5.74) is -1.65. The molecule has 1 aromatic rings. The van der Waals surface area contributed by atoms with E-state index in [-0.39, 0.29) is 11.3 Å². The minimum Gasteiger partial charge on any atom is -0.293 e. The highest BCUT2D eigenvalue weighted by Gasteiger charge is 2.36. The standard InChI is InChI=1S/C11H7F4NO/c1-5-4-16-9-3-7(11(13,14)15)8(12)2-6(9)10(5)17/h2-5H,1H3. The summed E-state index contributed by atoms with van der Waals surface area (Å²) in [6, 6.07) is 1.17. The lowest BCUT2D eigenvalue weighted by Crippen LogP contribution is -2.18. The Morgan fingerprint density at radius 2 is 1.94 bits per heavy atom. The van der Waals surface area contributed by atoms with E-state index in [0.29, 0.717) is 12.1 Å². The molecule has 0 radical (unpaired) electrons. The lowest BCUT2D eigenvalue weighted by Gasteiger charge is -2.16. The van der Waals surface area contributed by atoms with Gasteiger partial charge in [0.1, 0.15) is 5.82 Å². The number of carbonyl (C=O) groups is 1. The second-order valence-corrected chi connectivity index (χ2v) is 3.78. The van der Waals surface area contributed by atoms with Crippen LogP contribution in [-0.4, -0.2) is 12.0 Å². The summed E-state index contributed by atoms with van der Waals surface area (Å²) >= 11 is 0. The number of alkyl halides is 3. The molecule has 0 amide bonds. The summed E-state index contributed by atoms with van der Waals surface area (Å²) in [6.07, 6.45) is -3.54. The van der Waals surface area contributed by atoms with Crippen molar-refractivity contribution >= 4 is 17.7 Å². The fourth-order valence-electron chi connectivity index (χ4n) is 1.59. The maximum Gasteiger partial charge on any atom is 0.419 e. The molecule has 90 valence electrons. The first-order valence-electron chi connectivity index (χ1n) is 4.80. The van der Waals surface area contributed by atoms with Gasteiger partial charge in [-0.15, -0.1) is 0 Å². The molecule has 1 atom stereocenters. The van der Waals surface area contributed by atoms with Gasteiger partial charge in [-0.25, -0.2) is 4.39 Å². The van der Waals surface area contributed by atoms with Crippen molar-refractivity contribution in [2.75, 3.05) is 0 Å². The molecule has 0 N–H and O–H groups in total. The molecule has 2 rings (SSSR count). The van der Waals surface area contributed by atoms with Crippen LogP contribution in [0.1, 0.15) is 22.8 Å². The van der Waals surface area contributed by atoms with Crippen LogP contribution in [0.25, 0.3) is 0 Å².